The second kappa shape index (κ2) is 12.3. The number of halogens is 2. The van der Waals surface area contributed by atoms with Gasteiger partial charge in [-0.1, -0.05) is 35.9 Å². The summed E-state index contributed by atoms with van der Waals surface area (Å²) in [5.74, 6) is -0.245. The first-order chi connectivity index (χ1) is 15.6. The molecule has 2 atom stereocenters. The maximum Gasteiger partial charge on any atom is 0.257 e. The van der Waals surface area contributed by atoms with Crippen molar-refractivity contribution in [2.24, 2.45) is 9.98 Å². The van der Waals surface area contributed by atoms with E-state index in [-0.39, 0.29) is 23.2 Å². The fourth-order valence-electron chi connectivity index (χ4n) is 3.29. The Morgan fingerprint density at radius 3 is 2.48 bits per heavy atom. The standard InChI is InChI=1S/C26H32ClFN4O/c1-6-9-19(18-12-14-22(28)15-13-18)17-23(29-7-2)30-25(32-26(3,4)5)31-24(33)20-10-8-11-21(27)16-20/h6-8,10-16,19,23H,1,9,17H2,2-5H3,(H2,30,31,32,33). The Balaban J connectivity index is 2.33. The zero-order valence-corrected chi connectivity index (χ0v) is 20.4. The lowest BCUT2D eigenvalue weighted by molar-refractivity contribution is 0.0975. The number of nitrogens with one attached hydrogen (secondary N) is 2. The van der Waals surface area contributed by atoms with Gasteiger partial charge >= 0.3 is 0 Å². The smallest absolute Gasteiger partial charge is 0.257 e. The number of allylic oxidation sites excluding steroid dienone is 1. The van der Waals surface area contributed by atoms with E-state index in [0.29, 0.717) is 29.4 Å². The zero-order valence-electron chi connectivity index (χ0n) is 19.6. The van der Waals surface area contributed by atoms with Crippen LogP contribution in [0, 0.1) is 5.82 Å². The van der Waals surface area contributed by atoms with Gasteiger partial charge in [0.15, 0.2) is 0 Å². The molecule has 0 aromatic heterocycles. The molecule has 5 nitrogen and oxygen atoms in total. The van der Waals surface area contributed by atoms with Crippen molar-refractivity contribution in [3.05, 3.63) is 83.2 Å². The summed E-state index contributed by atoms with van der Waals surface area (Å²) in [4.78, 5) is 22.1. The lowest BCUT2D eigenvalue weighted by atomic mass is 9.91. The first-order valence-electron chi connectivity index (χ1n) is 10.9. The first kappa shape index (κ1) is 26.3. The molecule has 0 fully saturated rings. The van der Waals surface area contributed by atoms with Crippen LogP contribution in [0.3, 0.4) is 0 Å². The number of aliphatic imine (C=N–C) groups is 2. The summed E-state index contributed by atoms with van der Waals surface area (Å²) in [7, 11) is 0. The Hall–Kier alpha value is -2.99. The molecule has 0 heterocycles. The Morgan fingerprint density at radius 1 is 1.21 bits per heavy atom. The van der Waals surface area contributed by atoms with E-state index in [1.54, 1.807) is 42.6 Å². The molecule has 0 radical (unpaired) electrons. The molecule has 33 heavy (non-hydrogen) atoms. The topological polar surface area (TPSA) is 65.8 Å². The van der Waals surface area contributed by atoms with Gasteiger partial charge < -0.3 is 5.32 Å². The van der Waals surface area contributed by atoms with Crippen LogP contribution < -0.4 is 10.6 Å². The molecule has 1 amide bonds. The Bertz CT molecular complexity index is 996. The fraction of sp³-hybridized carbons (Fsp3) is 0.346. The van der Waals surface area contributed by atoms with E-state index < -0.39 is 6.17 Å². The second-order valence-corrected chi connectivity index (χ2v) is 9.15. The quantitative estimate of drug-likeness (QED) is 0.277. The highest BCUT2D eigenvalue weighted by atomic mass is 35.5. The molecular weight excluding hydrogens is 439 g/mol. The third kappa shape index (κ3) is 9.18. The third-order valence-corrected chi connectivity index (χ3v) is 4.93. The summed E-state index contributed by atoms with van der Waals surface area (Å²) in [5, 5.41) is 6.59. The molecule has 2 aromatic rings. The van der Waals surface area contributed by atoms with E-state index in [1.165, 1.54) is 12.1 Å². The molecule has 0 spiro atoms. The van der Waals surface area contributed by atoms with Gasteiger partial charge in [-0.15, -0.1) is 6.58 Å². The molecular formula is C26H32ClFN4O. The Morgan fingerprint density at radius 2 is 1.91 bits per heavy atom. The van der Waals surface area contributed by atoms with Gasteiger partial charge in [-0.2, -0.15) is 0 Å². The van der Waals surface area contributed by atoms with E-state index >= 15 is 0 Å². The van der Waals surface area contributed by atoms with E-state index in [9.17, 15) is 9.18 Å². The molecule has 0 saturated heterocycles. The van der Waals surface area contributed by atoms with Crippen LogP contribution >= 0.6 is 11.6 Å². The summed E-state index contributed by atoms with van der Waals surface area (Å²) in [6.07, 6.45) is 4.31. The molecule has 2 N–H and O–H groups in total. The lowest BCUT2D eigenvalue weighted by Gasteiger charge is -2.25. The normalized spacial score (nSPS) is 14.1. The van der Waals surface area contributed by atoms with Gasteiger partial charge in [0.1, 0.15) is 12.0 Å². The highest BCUT2D eigenvalue weighted by Crippen LogP contribution is 2.27. The van der Waals surface area contributed by atoms with Gasteiger partial charge in [0.25, 0.3) is 5.91 Å². The summed E-state index contributed by atoms with van der Waals surface area (Å²) >= 11 is 6.04. The molecule has 2 aromatic carbocycles. The van der Waals surface area contributed by atoms with Crippen molar-refractivity contribution in [3.8, 4) is 0 Å². The number of benzene rings is 2. The van der Waals surface area contributed by atoms with Crippen molar-refractivity contribution in [1.29, 1.82) is 0 Å². The zero-order chi connectivity index (χ0) is 24.4. The van der Waals surface area contributed by atoms with Crippen LogP contribution in [0.25, 0.3) is 0 Å². The number of hydrogen-bond donors (Lipinski definition) is 2. The molecule has 0 saturated carbocycles. The molecule has 0 aliphatic carbocycles. The van der Waals surface area contributed by atoms with Crippen molar-refractivity contribution < 1.29 is 9.18 Å². The largest absolute Gasteiger partial charge is 0.351 e. The average Bonchev–Trinajstić information content (AvgIpc) is 2.73. The number of guanidine groups is 1. The maximum atomic E-state index is 13.4. The second-order valence-electron chi connectivity index (χ2n) is 8.71. The average molecular weight is 471 g/mol. The van der Waals surface area contributed by atoms with Crippen molar-refractivity contribution in [3.63, 3.8) is 0 Å². The van der Waals surface area contributed by atoms with Gasteiger partial charge in [0, 0.05) is 16.1 Å². The van der Waals surface area contributed by atoms with Gasteiger partial charge in [-0.3, -0.25) is 15.1 Å². The van der Waals surface area contributed by atoms with Crippen molar-refractivity contribution >= 4 is 29.7 Å². The van der Waals surface area contributed by atoms with Crippen LogP contribution in [0.1, 0.15) is 62.4 Å². The van der Waals surface area contributed by atoms with E-state index in [4.69, 9.17) is 16.6 Å². The highest BCUT2D eigenvalue weighted by Gasteiger charge is 2.20. The highest BCUT2D eigenvalue weighted by molar-refractivity contribution is 6.31. The van der Waals surface area contributed by atoms with Crippen LogP contribution in [0.2, 0.25) is 5.02 Å². The van der Waals surface area contributed by atoms with Crippen LogP contribution in [0.4, 0.5) is 4.39 Å². The van der Waals surface area contributed by atoms with Gasteiger partial charge in [0.05, 0.1) is 0 Å². The van der Waals surface area contributed by atoms with E-state index in [2.05, 4.69) is 22.2 Å². The van der Waals surface area contributed by atoms with Crippen LogP contribution in [0.5, 0.6) is 0 Å². The predicted molar refractivity (Wildman–Crippen MR) is 136 cm³/mol. The maximum absolute atomic E-state index is 13.4. The monoisotopic (exact) mass is 470 g/mol. The SMILES string of the molecule is C=CCC(CC(N=CC)N=C(NC(=O)c1cccc(Cl)c1)NC(C)(C)C)c1ccc(F)cc1. The van der Waals surface area contributed by atoms with Gasteiger partial charge in [-0.05, 0) is 88.6 Å². The molecule has 7 heteroatoms. The number of nitrogens with zero attached hydrogens (tertiary/aromatic N) is 2. The molecule has 0 aliphatic heterocycles. The third-order valence-electron chi connectivity index (χ3n) is 4.70. The number of rotatable bonds is 8. The predicted octanol–water partition coefficient (Wildman–Crippen LogP) is 6.12. The van der Waals surface area contributed by atoms with Crippen molar-refractivity contribution in [2.45, 2.75) is 58.2 Å². The molecule has 0 bridgehead atoms. The Kier molecular flexibility index (Phi) is 9.79. The van der Waals surface area contributed by atoms with E-state index in [0.717, 1.165) is 5.56 Å². The minimum absolute atomic E-state index is 0.0417. The first-order valence-corrected chi connectivity index (χ1v) is 11.3. The molecule has 176 valence electrons. The van der Waals surface area contributed by atoms with Crippen LogP contribution in [-0.4, -0.2) is 29.8 Å². The number of carbonyl (C=O) groups is 1. The Labute approximate surface area is 200 Å². The summed E-state index contributed by atoms with van der Waals surface area (Å²) in [6.45, 7) is 11.6. The van der Waals surface area contributed by atoms with Crippen LogP contribution in [0.15, 0.2) is 71.2 Å². The minimum Gasteiger partial charge on any atom is -0.351 e. The van der Waals surface area contributed by atoms with Crippen molar-refractivity contribution in [2.75, 3.05) is 0 Å². The summed E-state index contributed by atoms with van der Waals surface area (Å²) in [5.41, 5.74) is 1.06. The molecule has 2 rings (SSSR count). The fourth-order valence-corrected chi connectivity index (χ4v) is 3.48. The number of amides is 1. The number of hydrogen-bond acceptors (Lipinski definition) is 3. The summed E-state index contributed by atoms with van der Waals surface area (Å²) in [6, 6.07) is 13.2. The summed E-state index contributed by atoms with van der Waals surface area (Å²) < 4.78 is 13.4. The molecule has 2 unspecified atom stereocenters. The van der Waals surface area contributed by atoms with Crippen LogP contribution in [-0.2, 0) is 0 Å². The van der Waals surface area contributed by atoms with Gasteiger partial charge in [0.2, 0.25) is 5.96 Å². The van der Waals surface area contributed by atoms with Gasteiger partial charge in [-0.25, -0.2) is 9.38 Å². The number of carbonyl (C=O) groups excluding carboxylic acids is 1. The van der Waals surface area contributed by atoms with Crippen molar-refractivity contribution in [1.82, 2.24) is 10.6 Å². The lowest BCUT2D eigenvalue weighted by Crippen LogP contribution is -2.50. The molecule has 0 aliphatic rings. The van der Waals surface area contributed by atoms with E-state index in [1.807, 2.05) is 33.8 Å². The minimum atomic E-state index is -0.463.